The Labute approximate surface area is 158 Å². The molecule has 0 bridgehead atoms. The minimum atomic E-state index is -0.0842. The summed E-state index contributed by atoms with van der Waals surface area (Å²) in [5, 5.41) is 21.4. The molecule has 1 aliphatic carbocycles. The minimum Gasteiger partial charge on any atom is -0.325 e. The third-order valence-corrected chi connectivity index (χ3v) is 5.73. The van der Waals surface area contributed by atoms with Crippen LogP contribution in [0.25, 0.3) is 11.3 Å². The summed E-state index contributed by atoms with van der Waals surface area (Å²) in [5.74, 6) is 0.184. The van der Waals surface area contributed by atoms with Crippen LogP contribution in [0, 0.1) is 0 Å². The summed E-state index contributed by atoms with van der Waals surface area (Å²) < 4.78 is 5.72. The maximum Gasteiger partial charge on any atom is 0.234 e. The number of hydrogen-bond donors (Lipinski definition) is 1. The maximum atomic E-state index is 12.2. The fourth-order valence-electron chi connectivity index (χ4n) is 3.00. The van der Waals surface area contributed by atoms with E-state index in [1.54, 1.807) is 0 Å². The van der Waals surface area contributed by atoms with Crippen molar-refractivity contribution in [3.05, 3.63) is 29.6 Å². The number of hydrogen-bond acceptors (Lipinski definition) is 8. The summed E-state index contributed by atoms with van der Waals surface area (Å²) in [6.45, 7) is 0. The van der Waals surface area contributed by atoms with Crippen LogP contribution in [0.4, 0.5) is 5.69 Å². The molecule has 1 aromatic carbocycles. The second kappa shape index (κ2) is 7.92. The molecule has 26 heavy (non-hydrogen) atoms. The zero-order chi connectivity index (χ0) is 17.8. The van der Waals surface area contributed by atoms with Gasteiger partial charge < -0.3 is 5.32 Å². The highest BCUT2D eigenvalue weighted by Crippen LogP contribution is 2.31. The van der Waals surface area contributed by atoms with Crippen molar-refractivity contribution < 1.29 is 4.79 Å². The van der Waals surface area contributed by atoms with E-state index in [9.17, 15) is 4.79 Å². The Balaban J connectivity index is 1.32. The molecule has 4 rings (SSSR count). The van der Waals surface area contributed by atoms with Crippen LogP contribution in [0.15, 0.2) is 34.8 Å². The molecule has 1 N–H and O–H groups in total. The summed E-state index contributed by atoms with van der Waals surface area (Å²) in [6.07, 6.45) is 4.63. The molecule has 1 saturated carbocycles. The van der Waals surface area contributed by atoms with E-state index in [-0.39, 0.29) is 11.7 Å². The monoisotopic (exact) mass is 387 g/mol. The van der Waals surface area contributed by atoms with E-state index >= 15 is 0 Å². The number of nitrogens with zero attached hydrogens (tertiary/aromatic N) is 6. The Kier molecular flexibility index (Phi) is 5.21. The van der Waals surface area contributed by atoms with Crippen molar-refractivity contribution in [2.45, 2.75) is 36.9 Å². The molecule has 0 spiro atoms. The third kappa shape index (κ3) is 3.91. The summed E-state index contributed by atoms with van der Waals surface area (Å²) in [7, 11) is 0. The van der Waals surface area contributed by atoms with Gasteiger partial charge in [-0.3, -0.25) is 4.79 Å². The normalized spacial score (nSPS) is 14.6. The standard InChI is InChI=1S/C16H17N7OS2/c24-15(10-25-16-19-20-21-23(16)13-3-1-2-4-13)17-12-7-5-11(6-8-12)14-9-26-22-18-14/h5-9,13H,1-4,10H2,(H,17,24). The van der Waals surface area contributed by atoms with Crippen molar-refractivity contribution in [1.29, 1.82) is 0 Å². The summed E-state index contributed by atoms with van der Waals surface area (Å²) in [6, 6.07) is 7.92. The number of aromatic nitrogens is 6. The van der Waals surface area contributed by atoms with Gasteiger partial charge in [-0.25, -0.2) is 4.68 Å². The lowest BCUT2D eigenvalue weighted by Gasteiger charge is -2.10. The zero-order valence-electron chi connectivity index (χ0n) is 13.9. The molecule has 0 aliphatic heterocycles. The lowest BCUT2D eigenvalue weighted by Crippen LogP contribution is -2.15. The molecular weight excluding hydrogens is 370 g/mol. The number of benzene rings is 1. The summed E-state index contributed by atoms with van der Waals surface area (Å²) in [5.41, 5.74) is 2.56. The van der Waals surface area contributed by atoms with Crippen LogP contribution >= 0.6 is 23.3 Å². The van der Waals surface area contributed by atoms with Crippen LogP contribution in [-0.2, 0) is 4.79 Å². The Hall–Kier alpha value is -2.33. The van der Waals surface area contributed by atoms with Gasteiger partial charge >= 0.3 is 0 Å². The smallest absolute Gasteiger partial charge is 0.234 e. The van der Waals surface area contributed by atoms with E-state index in [1.165, 1.54) is 36.1 Å². The Morgan fingerprint density at radius 3 is 2.77 bits per heavy atom. The average Bonchev–Trinajstić information content (AvgIpc) is 3.42. The van der Waals surface area contributed by atoms with Gasteiger partial charge in [0, 0.05) is 16.6 Å². The highest BCUT2D eigenvalue weighted by molar-refractivity contribution is 7.99. The van der Waals surface area contributed by atoms with Crippen molar-refractivity contribution in [2.75, 3.05) is 11.1 Å². The van der Waals surface area contributed by atoms with Crippen LogP contribution in [-0.4, -0.2) is 41.5 Å². The van der Waals surface area contributed by atoms with Gasteiger partial charge in [0.2, 0.25) is 11.1 Å². The topological polar surface area (TPSA) is 98.5 Å². The predicted octanol–water partition coefficient (Wildman–Crippen LogP) is 3.04. The molecule has 1 amide bonds. The van der Waals surface area contributed by atoms with Gasteiger partial charge in [-0.15, -0.1) is 10.2 Å². The van der Waals surface area contributed by atoms with Crippen molar-refractivity contribution in [3.8, 4) is 11.3 Å². The first-order valence-electron chi connectivity index (χ1n) is 8.37. The summed E-state index contributed by atoms with van der Waals surface area (Å²) in [4.78, 5) is 12.2. The lowest BCUT2D eigenvalue weighted by atomic mass is 10.1. The zero-order valence-corrected chi connectivity index (χ0v) is 15.5. The number of nitrogens with one attached hydrogen (secondary N) is 1. The van der Waals surface area contributed by atoms with Crippen molar-refractivity contribution in [3.63, 3.8) is 0 Å². The highest BCUT2D eigenvalue weighted by Gasteiger charge is 2.22. The molecule has 0 radical (unpaired) electrons. The van der Waals surface area contributed by atoms with Gasteiger partial charge in [0.15, 0.2) is 0 Å². The molecule has 1 fully saturated rings. The van der Waals surface area contributed by atoms with E-state index < -0.39 is 0 Å². The average molecular weight is 387 g/mol. The molecule has 3 aromatic rings. The Morgan fingerprint density at radius 1 is 1.23 bits per heavy atom. The minimum absolute atomic E-state index is 0.0842. The van der Waals surface area contributed by atoms with Gasteiger partial charge in [0.05, 0.1) is 11.8 Å². The van der Waals surface area contributed by atoms with E-state index in [4.69, 9.17) is 0 Å². The second-order valence-corrected chi connectivity index (χ2v) is 7.60. The first kappa shape index (κ1) is 17.1. The van der Waals surface area contributed by atoms with Gasteiger partial charge in [-0.1, -0.05) is 41.2 Å². The molecule has 134 valence electrons. The second-order valence-electron chi connectivity index (χ2n) is 6.05. The number of amides is 1. The van der Waals surface area contributed by atoms with Gasteiger partial charge in [0.25, 0.3) is 0 Å². The first-order valence-corrected chi connectivity index (χ1v) is 10.2. The van der Waals surface area contributed by atoms with E-state index in [0.717, 1.165) is 29.8 Å². The number of carbonyl (C=O) groups is 1. The third-order valence-electron chi connectivity index (χ3n) is 4.29. The fraction of sp³-hybridized carbons (Fsp3) is 0.375. The Morgan fingerprint density at radius 2 is 2.04 bits per heavy atom. The number of tetrazole rings is 1. The predicted molar refractivity (Wildman–Crippen MR) is 100 cm³/mol. The molecule has 0 saturated heterocycles. The molecule has 2 aromatic heterocycles. The van der Waals surface area contributed by atoms with Crippen LogP contribution in [0.1, 0.15) is 31.7 Å². The quantitative estimate of drug-likeness (QED) is 0.649. The number of anilines is 1. The van der Waals surface area contributed by atoms with Crippen molar-refractivity contribution >= 4 is 34.9 Å². The SMILES string of the molecule is O=C(CSc1nnnn1C1CCCC1)Nc1ccc(-c2csnn2)cc1. The lowest BCUT2D eigenvalue weighted by molar-refractivity contribution is -0.113. The number of rotatable bonds is 6. The molecule has 10 heteroatoms. The highest BCUT2D eigenvalue weighted by atomic mass is 32.2. The van der Waals surface area contributed by atoms with Crippen LogP contribution in [0.3, 0.4) is 0 Å². The van der Waals surface area contributed by atoms with E-state index in [0.29, 0.717) is 11.2 Å². The summed E-state index contributed by atoms with van der Waals surface area (Å²) >= 11 is 2.68. The Bertz CT molecular complexity index is 857. The van der Waals surface area contributed by atoms with Gasteiger partial charge in [0.1, 0.15) is 5.69 Å². The molecule has 0 atom stereocenters. The molecule has 2 heterocycles. The van der Waals surface area contributed by atoms with Gasteiger partial charge in [-0.2, -0.15) is 0 Å². The van der Waals surface area contributed by atoms with Crippen molar-refractivity contribution in [2.24, 2.45) is 0 Å². The number of carbonyl (C=O) groups excluding carboxylic acids is 1. The maximum absolute atomic E-state index is 12.2. The fourth-order valence-corrected chi connectivity index (χ4v) is 4.21. The van der Waals surface area contributed by atoms with E-state index in [2.05, 4.69) is 30.4 Å². The van der Waals surface area contributed by atoms with Crippen LogP contribution in [0.5, 0.6) is 0 Å². The molecule has 1 aliphatic rings. The van der Waals surface area contributed by atoms with E-state index in [1.807, 2.05) is 34.3 Å². The largest absolute Gasteiger partial charge is 0.325 e. The molecule has 0 unspecified atom stereocenters. The van der Waals surface area contributed by atoms with Gasteiger partial charge in [-0.05, 0) is 46.9 Å². The molecule has 8 nitrogen and oxygen atoms in total. The van der Waals surface area contributed by atoms with Crippen molar-refractivity contribution in [1.82, 2.24) is 29.8 Å². The molecular formula is C16H17N7OS2. The number of thioether (sulfide) groups is 1. The first-order chi connectivity index (χ1) is 12.8. The van der Waals surface area contributed by atoms with Crippen LogP contribution < -0.4 is 5.32 Å². The van der Waals surface area contributed by atoms with Crippen LogP contribution in [0.2, 0.25) is 0 Å².